The van der Waals surface area contributed by atoms with Gasteiger partial charge in [0, 0.05) is 31.4 Å². The molecule has 35 heavy (non-hydrogen) atoms. The normalized spacial score (nSPS) is 21.5. The molecule has 1 aliphatic carbocycles. The highest BCUT2D eigenvalue weighted by molar-refractivity contribution is 8.00. The van der Waals surface area contributed by atoms with E-state index in [0.717, 1.165) is 40.2 Å². The van der Waals surface area contributed by atoms with Crippen LogP contribution in [0.4, 0.5) is 11.5 Å². The maximum atomic E-state index is 11.6. The third-order valence-corrected chi connectivity index (χ3v) is 7.44. The van der Waals surface area contributed by atoms with Crippen molar-refractivity contribution >= 4 is 52.6 Å². The third kappa shape index (κ3) is 5.95. The highest BCUT2D eigenvalue weighted by atomic mass is 35.5. The fourth-order valence-electron chi connectivity index (χ4n) is 4.41. The minimum atomic E-state index is -0.780. The second-order valence-corrected chi connectivity index (χ2v) is 9.82. The molecule has 0 radical (unpaired) electrons. The quantitative estimate of drug-likeness (QED) is 0.374. The van der Waals surface area contributed by atoms with Gasteiger partial charge in [0.15, 0.2) is 0 Å². The lowest BCUT2D eigenvalue weighted by atomic mass is 9.82. The molecule has 0 spiro atoms. The monoisotopic (exact) mass is 516 g/mol. The van der Waals surface area contributed by atoms with E-state index in [0.29, 0.717) is 49.4 Å². The molecule has 1 amide bonds. The molecule has 3 aromatic heterocycles. The summed E-state index contributed by atoms with van der Waals surface area (Å²) in [4.78, 5) is 26.1. The predicted octanol–water partition coefficient (Wildman–Crippen LogP) is 3.37. The number of carbonyl (C=O) groups is 1. The number of ether oxygens (including phenoxy) is 1. The fraction of sp³-hybridized carbons (Fsp3) is 0.417. The number of halogens is 1. The van der Waals surface area contributed by atoms with E-state index in [1.807, 2.05) is 24.3 Å². The third-order valence-electron chi connectivity index (χ3n) is 6.40. The molecule has 1 aliphatic heterocycles. The lowest BCUT2D eigenvalue weighted by Gasteiger charge is -2.36. The number of pyridine rings is 3. The van der Waals surface area contributed by atoms with Crippen LogP contribution < -0.4 is 20.7 Å². The largest absolute Gasteiger partial charge is 0.481 e. The van der Waals surface area contributed by atoms with Gasteiger partial charge in [-0.05, 0) is 49.9 Å². The van der Waals surface area contributed by atoms with Crippen molar-refractivity contribution in [2.75, 3.05) is 30.0 Å². The molecule has 0 saturated heterocycles. The Labute approximate surface area is 214 Å². The highest BCUT2D eigenvalue weighted by Gasteiger charge is 2.33. The molecule has 0 atom stereocenters. The van der Waals surface area contributed by atoms with Crippen molar-refractivity contribution in [1.82, 2.24) is 20.3 Å². The van der Waals surface area contributed by atoms with E-state index >= 15 is 0 Å². The van der Waals surface area contributed by atoms with Crippen LogP contribution in [0.25, 0.3) is 11.0 Å². The number of methoxy groups -OCH3 is 1. The molecule has 3 aromatic rings. The van der Waals surface area contributed by atoms with Crippen molar-refractivity contribution in [3.8, 4) is 5.88 Å². The van der Waals surface area contributed by atoms with Crippen LogP contribution in [0.2, 0.25) is 0 Å². The van der Waals surface area contributed by atoms with Crippen LogP contribution in [-0.2, 0) is 11.3 Å². The molecule has 4 N–H and O–H groups in total. The molecule has 0 bridgehead atoms. The average molecular weight is 517 g/mol. The van der Waals surface area contributed by atoms with E-state index in [-0.39, 0.29) is 18.3 Å². The summed E-state index contributed by atoms with van der Waals surface area (Å²) >= 11 is 1.51. The van der Waals surface area contributed by atoms with Crippen molar-refractivity contribution in [1.29, 1.82) is 0 Å². The van der Waals surface area contributed by atoms with Gasteiger partial charge in [0.25, 0.3) is 0 Å². The maximum Gasteiger partial charge on any atom is 0.235 e. The molecule has 186 valence electrons. The summed E-state index contributed by atoms with van der Waals surface area (Å²) in [6.07, 6.45) is 4.88. The molecule has 9 nitrogen and oxygen atoms in total. The van der Waals surface area contributed by atoms with Crippen LogP contribution in [0.3, 0.4) is 0 Å². The molecule has 11 heteroatoms. The van der Waals surface area contributed by atoms with E-state index in [2.05, 4.69) is 30.9 Å². The molecular weight excluding hydrogens is 488 g/mol. The van der Waals surface area contributed by atoms with Gasteiger partial charge in [0.05, 0.1) is 40.3 Å². The van der Waals surface area contributed by atoms with E-state index in [4.69, 9.17) is 4.74 Å². The van der Waals surface area contributed by atoms with Crippen molar-refractivity contribution < 1.29 is 14.6 Å². The molecule has 1 saturated carbocycles. The standard InChI is InChI=1S/C24H28N6O3S.ClH/c1-33-21-5-3-17-22(30-21)18(8-11-25-17)27-14-24(32)9-6-15(7-10-24)26-12-16-2-4-19-23(28-16)29-20(31)13-34-19;/h2-5,8,11,15,26,32H,6-7,9-10,12-14H2,1H3,(H,25,27)(H,28,29,31);1H. The summed E-state index contributed by atoms with van der Waals surface area (Å²) in [5.74, 6) is 1.61. The van der Waals surface area contributed by atoms with E-state index < -0.39 is 5.60 Å². The summed E-state index contributed by atoms with van der Waals surface area (Å²) in [5, 5.41) is 20.9. The first-order valence-electron chi connectivity index (χ1n) is 11.4. The van der Waals surface area contributed by atoms with Crippen LogP contribution in [-0.4, -0.2) is 57.0 Å². The number of aliphatic hydroxyl groups is 1. The van der Waals surface area contributed by atoms with E-state index in [1.165, 1.54) is 11.8 Å². The number of thioether (sulfide) groups is 1. The number of nitrogens with zero attached hydrogens (tertiary/aromatic N) is 3. The predicted molar refractivity (Wildman–Crippen MR) is 139 cm³/mol. The number of hydrogen-bond donors (Lipinski definition) is 4. The number of hydrogen-bond acceptors (Lipinski definition) is 9. The fourth-order valence-corrected chi connectivity index (χ4v) is 5.17. The topological polar surface area (TPSA) is 121 Å². The van der Waals surface area contributed by atoms with Gasteiger partial charge in [0.2, 0.25) is 11.8 Å². The molecule has 5 rings (SSSR count). The lowest BCUT2D eigenvalue weighted by Crippen LogP contribution is -2.45. The minimum Gasteiger partial charge on any atom is -0.481 e. The summed E-state index contributed by atoms with van der Waals surface area (Å²) in [7, 11) is 1.59. The smallest absolute Gasteiger partial charge is 0.235 e. The molecule has 1 fully saturated rings. The highest BCUT2D eigenvalue weighted by Crippen LogP contribution is 2.31. The van der Waals surface area contributed by atoms with Crippen molar-refractivity contribution in [2.45, 2.75) is 48.8 Å². The summed E-state index contributed by atoms with van der Waals surface area (Å²) < 4.78 is 5.24. The molecule has 4 heterocycles. The van der Waals surface area contributed by atoms with Gasteiger partial charge in [-0.25, -0.2) is 9.97 Å². The number of amides is 1. The van der Waals surface area contributed by atoms with Crippen molar-refractivity contribution in [2.24, 2.45) is 0 Å². The summed E-state index contributed by atoms with van der Waals surface area (Å²) in [6, 6.07) is 9.87. The van der Waals surface area contributed by atoms with Crippen molar-refractivity contribution in [3.63, 3.8) is 0 Å². The molecule has 0 unspecified atom stereocenters. The van der Waals surface area contributed by atoms with Gasteiger partial charge < -0.3 is 25.8 Å². The van der Waals surface area contributed by atoms with Crippen LogP contribution >= 0.6 is 24.2 Å². The Morgan fingerprint density at radius 2 is 2.03 bits per heavy atom. The number of nitrogens with one attached hydrogen (secondary N) is 3. The zero-order valence-corrected chi connectivity index (χ0v) is 21.0. The average Bonchev–Trinajstić information content (AvgIpc) is 2.86. The van der Waals surface area contributed by atoms with Gasteiger partial charge >= 0.3 is 0 Å². The number of carbonyl (C=O) groups excluding carboxylic acids is 1. The summed E-state index contributed by atoms with van der Waals surface area (Å²) in [5.41, 5.74) is 2.46. The summed E-state index contributed by atoms with van der Waals surface area (Å²) in [6.45, 7) is 1.08. The van der Waals surface area contributed by atoms with Gasteiger partial charge in [-0.1, -0.05) is 0 Å². The number of aromatic nitrogens is 3. The zero-order chi connectivity index (χ0) is 23.5. The van der Waals surface area contributed by atoms with Gasteiger partial charge in [-0.3, -0.25) is 9.78 Å². The Kier molecular flexibility index (Phi) is 7.95. The molecule has 0 aromatic carbocycles. The second kappa shape index (κ2) is 10.9. The Morgan fingerprint density at radius 3 is 2.83 bits per heavy atom. The Bertz CT molecular complexity index is 1210. The first-order chi connectivity index (χ1) is 16.5. The van der Waals surface area contributed by atoms with Crippen LogP contribution in [0, 0.1) is 0 Å². The van der Waals surface area contributed by atoms with Gasteiger partial charge in [-0.2, -0.15) is 0 Å². The lowest BCUT2D eigenvalue weighted by molar-refractivity contribution is -0.113. The number of rotatable bonds is 7. The first-order valence-corrected chi connectivity index (χ1v) is 12.4. The SMILES string of the molecule is COc1ccc2nccc(NCC3(O)CCC(NCc4ccc5c(n4)NC(=O)CS5)CC3)c2n1.Cl. The van der Waals surface area contributed by atoms with Crippen molar-refractivity contribution in [3.05, 3.63) is 42.2 Å². The van der Waals surface area contributed by atoms with Crippen LogP contribution in [0.5, 0.6) is 5.88 Å². The number of fused-ring (bicyclic) bond motifs is 2. The van der Waals surface area contributed by atoms with E-state index in [9.17, 15) is 9.90 Å². The Morgan fingerprint density at radius 1 is 1.20 bits per heavy atom. The van der Waals surface area contributed by atoms with Gasteiger partial charge in [-0.15, -0.1) is 24.2 Å². The molecule has 2 aliphatic rings. The number of anilines is 2. The van der Waals surface area contributed by atoms with Gasteiger partial charge in [0.1, 0.15) is 11.3 Å². The first kappa shape index (κ1) is 25.4. The van der Waals surface area contributed by atoms with Crippen LogP contribution in [0.15, 0.2) is 41.4 Å². The molecular formula is C24H29ClN6O3S. The Hall–Kier alpha value is -2.66. The van der Waals surface area contributed by atoms with Crippen LogP contribution in [0.1, 0.15) is 31.4 Å². The zero-order valence-electron chi connectivity index (χ0n) is 19.4. The Balaban J connectivity index is 0.00000289. The minimum absolute atomic E-state index is 0. The maximum absolute atomic E-state index is 11.6. The van der Waals surface area contributed by atoms with E-state index in [1.54, 1.807) is 19.4 Å². The second-order valence-electron chi connectivity index (χ2n) is 8.80.